The first-order valence-electron chi connectivity index (χ1n) is 7.93. The van der Waals surface area contributed by atoms with E-state index in [9.17, 15) is 4.79 Å². The SMILES string of the molecule is CCOC(=O)[C@@H]1CCCN(c2nccc(-c3cccnc3)n2)C1. The van der Waals surface area contributed by atoms with E-state index < -0.39 is 0 Å². The number of ether oxygens (including phenoxy) is 1. The highest BCUT2D eigenvalue weighted by atomic mass is 16.5. The van der Waals surface area contributed by atoms with E-state index >= 15 is 0 Å². The number of hydrogen-bond acceptors (Lipinski definition) is 6. The molecule has 0 N–H and O–H groups in total. The molecule has 1 aliphatic heterocycles. The van der Waals surface area contributed by atoms with Crippen molar-refractivity contribution in [1.29, 1.82) is 0 Å². The van der Waals surface area contributed by atoms with Crippen molar-refractivity contribution in [3.63, 3.8) is 0 Å². The molecule has 0 unspecified atom stereocenters. The molecule has 1 aliphatic rings. The van der Waals surface area contributed by atoms with Crippen molar-refractivity contribution in [2.75, 3.05) is 24.6 Å². The number of hydrogen-bond donors (Lipinski definition) is 0. The van der Waals surface area contributed by atoms with E-state index in [4.69, 9.17) is 4.74 Å². The van der Waals surface area contributed by atoms with Crippen LogP contribution in [0.15, 0.2) is 36.8 Å². The third kappa shape index (κ3) is 3.64. The molecule has 6 nitrogen and oxygen atoms in total. The van der Waals surface area contributed by atoms with Gasteiger partial charge in [-0.05, 0) is 38.0 Å². The Bertz CT molecular complexity index is 663. The summed E-state index contributed by atoms with van der Waals surface area (Å²) >= 11 is 0. The predicted octanol–water partition coefficient (Wildman–Crippen LogP) is 2.32. The standard InChI is InChI=1S/C17H20N4O2/c1-2-23-16(22)14-6-4-10-21(12-14)17-19-9-7-15(20-17)13-5-3-8-18-11-13/h3,5,7-9,11,14H,2,4,6,10,12H2,1H3/t14-/m1/s1. The van der Waals surface area contributed by atoms with Gasteiger partial charge in [-0.1, -0.05) is 0 Å². The molecule has 0 amide bonds. The van der Waals surface area contributed by atoms with E-state index in [-0.39, 0.29) is 11.9 Å². The number of esters is 1. The first kappa shape index (κ1) is 15.4. The minimum atomic E-state index is -0.124. The predicted molar refractivity (Wildman–Crippen MR) is 86.8 cm³/mol. The highest BCUT2D eigenvalue weighted by Gasteiger charge is 2.28. The number of carbonyl (C=O) groups is 1. The van der Waals surface area contributed by atoms with Gasteiger partial charge in [-0.15, -0.1) is 0 Å². The van der Waals surface area contributed by atoms with Gasteiger partial charge in [0.2, 0.25) is 5.95 Å². The lowest BCUT2D eigenvalue weighted by atomic mass is 9.98. The van der Waals surface area contributed by atoms with Gasteiger partial charge < -0.3 is 9.64 Å². The average molecular weight is 312 g/mol. The lowest BCUT2D eigenvalue weighted by molar-refractivity contribution is -0.148. The van der Waals surface area contributed by atoms with Crippen LogP contribution in [0.2, 0.25) is 0 Å². The van der Waals surface area contributed by atoms with E-state index in [1.807, 2.05) is 25.1 Å². The molecule has 0 spiro atoms. The summed E-state index contributed by atoms with van der Waals surface area (Å²) in [5.41, 5.74) is 1.79. The normalized spacial score (nSPS) is 17.8. The van der Waals surface area contributed by atoms with E-state index in [0.717, 1.165) is 30.6 Å². The van der Waals surface area contributed by atoms with Gasteiger partial charge in [-0.25, -0.2) is 9.97 Å². The van der Waals surface area contributed by atoms with E-state index in [1.165, 1.54) is 0 Å². The Kier molecular flexibility index (Phi) is 4.80. The topological polar surface area (TPSA) is 68.2 Å². The number of carbonyl (C=O) groups excluding carboxylic acids is 1. The van der Waals surface area contributed by atoms with E-state index in [1.54, 1.807) is 18.6 Å². The number of pyridine rings is 1. The lowest BCUT2D eigenvalue weighted by Gasteiger charge is -2.31. The molecule has 1 atom stereocenters. The first-order valence-corrected chi connectivity index (χ1v) is 7.93. The summed E-state index contributed by atoms with van der Waals surface area (Å²) in [6, 6.07) is 5.72. The van der Waals surface area contributed by atoms with Crippen LogP contribution < -0.4 is 4.90 Å². The van der Waals surface area contributed by atoms with Gasteiger partial charge in [0.05, 0.1) is 18.2 Å². The Morgan fingerprint density at radius 2 is 2.30 bits per heavy atom. The zero-order chi connectivity index (χ0) is 16.1. The van der Waals surface area contributed by atoms with Gasteiger partial charge in [0.15, 0.2) is 0 Å². The number of piperidine rings is 1. The average Bonchev–Trinajstić information content (AvgIpc) is 2.63. The molecule has 120 valence electrons. The summed E-state index contributed by atoms with van der Waals surface area (Å²) < 4.78 is 5.14. The van der Waals surface area contributed by atoms with Crippen LogP contribution in [-0.4, -0.2) is 40.6 Å². The Labute approximate surface area is 135 Å². The molecule has 1 saturated heterocycles. The molecule has 3 heterocycles. The summed E-state index contributed by atoms with van der Waals surface area (Å²) in [6.07, 6.45) is 7.06. The van der Waals surface area contributed by atoms with Crippen molar-refractivity contribution in [1.82, 2.24) is 15.0 Å². The summed E-state index contributed by atoms with van der Waals surface area (Å²) in [7, 11) is 0. The maximum atomic E-state index is 12.0. The Hall–Kier alpha value is -2.50. The highest BCUT2D eigenvalue weighted by Crippen LogP contribution is 2.23. The van der Waals surface area contributed by atoms with Crippen LogP contribution in [-0.2, 0) is 9.53 Å². The molecular formula is C17H20N4O2. The maximum Gasteiger partial charge on any atom is 0.310 e. The Morgan fingerprint density at radius 1 is 1.39 bits per heavy atom. The molecule has 0 radical (unpaired) electrons. The quantitative estimate of drug-likeness (QED) is 0.807. The molecule has 0 saturated carbocycles. The largest absolute Gasteiger partial charge is 0.466 e. The highest BCUT2D eigenvalue weighted by molar-refractivity contribution is 5.73. The van der Waals surface area contributed by atoms with Gasteiger partial charge in [0, 0.05) is 37.2 Å². The molecule has 23 heavy (non-hydrogen) atoms. The molecular weight excluding hydrogens is 292 g/mol. The summed E-state index contributed by atoms with van der Waals surface area (Å²) in [5.74, 6) is 0.426. The van der Waals surface area contributed by atoms with Crippen LogP contribution in [0.25, 0.3) is 11.3 Å². The van der Waals surface area contributed by atoms with Crippen LogP contribution >= 0.6 is 0 Å². The molecule has 0 aliphatic carbocycles. The fourth-order valence-corrected chi connectivity index (χ4v) is 2.79. The second kappa shape index (κ2) is 7.17. The Morgan fingerprint density at radius 3 is 3.09 bits per heavy atom. The third-order valence-electron chi connectivity index (χ3n) is 3.92. The zero-order valence-corrected chi connectivity index (χ0v) is 13.2. The van der Waals surface area contributed by atoms with Crippen molar-refractivity contribution in [3.05, 3.63) is 36.8 Å². The minimum absolute atomic E-state index is 0.102. The molecule has 2 aromatic rings. The zero-order valence-electron chi connectivity index (χ0n) is 13.2. The van der Waals surface area contributed by atoms with Gasteiger partial charge in [-0.2, -0.15) is 0 Å². The number of aromatic nitrogens is 3. The monoisotopic (exact) mass is 312 g/mol. The van der Waals surface area contributed by atoms with Gasteiger partial charge >= 0.3 is 5.97 Å². The van der Waals surface area contributed by atoms with Crippen LogP contribution in [0.5, 0.6) is 0 Å². The molecule has 0 aromatic carbocycles. The van der Waals surface area contributed by atoms with Crippen molar-refractivity contribution >= 4 is 11.9 Å². The summed E-state index contributed by atoms with van der Waals surface area (Å²) in [4.78, 5) is 27.1. The van der Waals surface area contributed by atoms with E-state index in [2.05, 4.69) is 19.9 Å². The molecule has 3 rings (SSSR count). The molecule has 2 aromatic heterocycles. The summed E-state index contributed by atoms with van der Waals surface area (Å²) in [5, 5.41) is 0. The van der Waals surface area contributed by atoms with Crippen molar-refractivity contribution < 1.29 is 9.53 Å². The third-order valence-corrected chi connectivity index (χ3v) is 3.92. The molecule has 6 heteroatoms. The fraction of sp³-hybridized carbons (Fsp3) is 0.412. The molecule has 1 fully saturated rings. The van der Waals surface area contributed by atoms with Gasteiger partial charge in [0.1, 0.15) is 0 Å². The fourth-order valence-electron chi connectivity index (χ4n) is 2.79. The van der Waals surface area contributed by atoms with E-state index in [0.29, 0.717) is 19.1 Å². The van der Waals surface area contributed by atoms with Crippen molar-refractivity contribution in [3.8, 4) is 11.3 Å². The van der Waals surface area contributed by atoms with Crippen molar-refractivity contribution in [2.24, 2.45) is 5.92 Å². The van der Waals surface area contributed by atoms with Crippen LogP contribution in [0, 0.1) is 5.92 Å². The van der Waals surface area contributed by atoms with Crippen LogP contribution in [0.3, 0.4) is 0 Å². The first-order chi connectivity index (χ1) is 11.3. The van der Waals surface area contributed by atoms with Gasteiger partial charge in [-0.3, -0.25) is 9.78 Å². The van der Waals surface area contributed by atoms with Crippen LogP contribution in [0.4, 0.5) is 5.95 Å². The Balaban J connectivity index is 1.77. The van der Waals surface area contributed by atoms with Crippen molar-refractivity contribution in [2.45, 2.75) is 19.8 Å². The maximum absolute atomic E-state index is 12.0. The smallest absolute Gasteiger partial charge is 0.310 e. The summed E-state index contributed by atoms with van der Waals surface area (Å²) in [6.45, 7) is 3.71. The minimum Gasteiger partial charge on any atom is -0.466 e. The number of nitrogens with zero attached hydrogens (tertiary/aromatic N) is 4. The second-order valence-corrected chi connectivity index (χ2v) is 5.52. The van der Waals surface area contributed by atoms with Crippen LogP contribution in [0.1, 0.15) is 19.8 Å². The lowest BCUT2D eigenvalue weighted by Crippen LogP contribution is -2.40. The number of anilines is 1. The molecule has 0 bridgehead atoms. The van der Waals surface area contributed by atoms with Gasteiger partial charge in [0.25, 0.3) is 0 Å². The number of rotatable bonds is 4. The second-order valence-electron chi connectivity index (χ2n) is 5.52.